The normalized spacial score (nSPS) is 11.5. The number of carbonyl (C=O) groups excluding carboxylic acids is 1. The van der Waals surface area contributed by atoms with Gasteiger partial charge in [0.1, 0.15) is 24.7 Å². The van der Waals surface area contributed by atoms with E-state index in [1.807, 2.05) is 44.4 Å². The number of benzene rings is 3. The second kappa shape index (κ2) is 13.2. The van der Waals surface area contributed by atoms with Crippen molar-refractivity contribution in [3.05, 3.63) is 108 Å². The number of rotatable bonds is 11. The van der Waals surface area contributed by atoms with Crippen LogP contribution in [0.5, 0.6) is 11.5 Å². The molecule has 3 aromatic rings. The Morgan fingerprint density at radius 1 is 0.857 bits per heavy atom. The van der Waals surface area contributed by atoms with Crippen LogP contribution in [0.3, 0.4) is 0 Å². The summed E-state index contributed by atoms with van der Waals surface area (Å²) in [4.78, 5) is 13.9. The Morgan fingerprint density at radius 3 is 2.00 bits per heavy atom. The van der Waals surface area contributed by atoms with E-state index < -0.39 is 6.16 Å². The van der Waals surface area contributed by atoms with Crippen LogP contribution >= 0.6 is 0 Å². The molecule has 0 spiro atoms. The maximum Gasteiger partial charge on any atom is 0.514 e. The van der Waals surface area contributed by atoms with Gasteiger partial charge in [0, 0.05) is 6.54 Å². The van der Waals surface area contributed by atoms with E-state index in [9.17, 15) is 4.79 Å². The van der Waals surface area contributed by atoms with Crippen molar-refractivity contribution in [1.29, 1.82) is 0 Å². The van der Waals surface area contributed by atoms with Crippen LogP contribution in [-0.2, 0) is 4.74 Å². The minimum absolute atomic E-state index is 0.107. The van der Waals surface area contributed by atoms with Gasteiger partial charge in [-0.3, -0.25) is 0 Å². The van der Waals surface area contributed by atoms with Crippen LogP contribution in [0.15, 0.2) is 91.5 Å². The van der Waals surface area contributed by atoms with E-state index in [1.165, 1.54) is 17.2 Å². The van der Waals surface area contributed by atoms with E-state index in [-0.39, 0.29) is 6.61 Å². The summed E-state index contributed by atoms with van der Waals surface area (Å²) in [6.07, 6.45) is 1.60. The smallest absolute Gasteiger partial charge is 0.492 e. The Balaban J connectivity index is 1.95. The van der Waals surface area contributed by atoms with Gasteiger partial charge < -0.3 is 19.1 Å². The highest BCUT2D eigenvalue weighted by Crippen LogP contribution is 2.35. The van der Waals surface area contributed by atoms with Gasteiger partial charge in [-0.15, -0.1) is 0 Å². The maximum absolute atomic E-state index is 11.8. The Hall–Kier alpha value is -3.83. The summed E-state index contributed by atoms with van der Waals surface area (Å²) < 4.78 is 16.0. The zero-order chi connectivity index (χ0) is 25.0. The molecule has 3 aromatic carbocycles. The van der Waals surface area contributed by atoms with Crippen LogP contribution in [-0.4, -0.2) is 44.9 Å². The van der Waals surface area contributed by atoms with E-state index >= 15 is 0 Å². The molecule has 0 aliphatic rings. The number of carbonyl (C=O) groups is 1. The molecule has 0 radical (unpaired) electrons. The molecule has 0 aromatic heterocycles. The van der Waals surface area contributed by atoms with Gasteiger partial charge in [-0.1, -0.05) is 74.2 Å². The van der Waals surface area contributed by atoms with Crippen LogP contribution in [0.25, 0.3) is 11.1 Å². The lowest BCUT2D eigenvalue weighted by atomic mass is 9.88. The van der Waals surface area contributed by atoms with Gasteiger partial charge in [0.15, 0.2) is 0 Å². The lowest BCUT2D eigenvalue weighted by molar-refractivity contribution is 0.109. The molecular formula is C30H33NO4. The fraction of sp³-hybridized carbons (Fsp3) is 0.233. The van der Waals surface area contributed by atoms with E-state index in [0.29, 0.717) is 12.4 Å². The first kappa shape index (κ1) is 25.8. The van der Waals surface area contributed by atoms with Crippen LogP contribution in [0.4, 0.5) is 4.79 Å². The maximum atomic E-state index is 11.8. The predicted molar refractivity (Wildman–Crippen MR) is 142 cm³/mol. The summed E-state index contributed by atoms with van der Waals surface area (Å²) >= 11 is 0. The Morgan fingerprint density at radius 2 is 1.46 bits per heavy atom. The van der Waals surface area contributed by atoms with Gasteiger partial charge >= 0.3 is 6.16 Å². The molecule has 0 saturated carbocycles. The average molecular weight is 472 g/mol. The molecular weight excluding hydrogens is 438 g/mol. The molecule has 0 N–H and O–H groups in total. The van der Waals surface area contributed by atoms with Crippen LogP contribution in [0.1, 0.15) is 30.0 Å². The highest BCUT2D eigenvalue weighted by molar-refractivity contribution is 5.98. The van der Waals surface area contributed by atoms with Crippen LogP contribution in [0.2, 0.25) is 0 Å². The average Bonchev–Trinajstić information content (AvgIpc) is 2.87. The van der Waals surface area contributed by atoms with Crippen molar-refractivity contribution in [2.45, 2.75) is 13.3 Å². The molecule has 5 heteroatoms. The number of allylic oxidation sites excluding steroid dienone is 1. The van der Waals surface area contributed by atoms with E-state index in [0.717, 1.165) is 35.4 Å². The Kier molecular flexibility index (Phi) is 9.69. The lowest BCUT2D eigenvalue weighted by Gasteiger charge is -2.17. The Labute approximate surface area is 208 Å². The van der Waals surface area contributed by atoms with E-state index in [4.69, 9.17) is 14.2 Å². The molecule has 3 rings (SSSR count). The zero-order valence-electron chi connectivity index (χ0n) is 20.7. The standard InChI is InChI=1S/C30H33NO4/c1-5-21-34-30(32)35-27-18-14-25(15-19-27)29(28(6-2)23-10-8-7-9-11-23)24-12-16-26(17-13-24)33-22-20-31(3)4/h5,7-19H,1,6,20-22H2,2-4H3/b29-28+. The SMILES string of the molecule is C=CCOC(=O)Oc1ccc(/C(=C(\CC)c2ccccc2)c2ccc(OCCN(C)C)cc2)cc1. The first-order valence-electron chi connectivity index (χ1n) is 11.7. The first-order chi connectivity index (χ1) is 17.0. The summed E-state index contributed by atoms with van der Waals surface area (Å²) in [5.41, 5.74) is 5.64. The number of likely N-dealkylation sites (N-methyl/N-ethyl adjacent to an activating group) is 1. The molecule has 0 bridgehead atoms. The van der Waals surface area contributed by atoms with Gasteiger partial charge in [0.05, 0.1) is 0 Å². The van der Waals surface area contributed by atoms with Crippen molar-refractivity contribution in [3.8, 4) is 11.5 Å². The largest absolute Gasteiger partial charge is 0.514 e. The summed E-state index contributed by atoms with van der Waals surface area (Å²) in [6, 6.07) is 26.1. The minimum Gasteiger partial charge on any atom is -0.492 e. The molecule has 0 saturated heterocycles. The van der Waals surface area contributed by atoms with Crippen molar-refractivity contribution >= 4 is 17.3 Å². The number of ether oxygens (including phenoxy) is 3. The second-order valence-electron chi connectivity index (χ2n) is 8.23. The van der Waals surface area contributed by atoms with Crippen molar-refractivity contribution < 1.29 is 19.0 Å². The number of hydrogen-bond donors (Lipinski definition) is 0. The fourth-order valence-corrected chi connectivity index (χ4v) is 3.69. The summed E-state index contributed by atoms with van der Waals surface area (Å²) in [5, 5.41) is 0. The van der Waals surface area contributed by atoms with Gasteiger partial charge in [0.25, 0.3) is 0 Å². The molecule has 0 fully saturated rings. The number of nitrogens with zero attached hydrogens (tertiary/aromatic N) is 1. The van der Waals surface area contributed by atoms with Crippen LogP contribution in [0, 0.1) is 0 Å². The quantitative estimate of drug-likeness (QED) is 0.135. The molecule has 0 atom stereocenters. The zero-order valence-corrected chi connectivity index (χ0v) is 20.7. The van der Waals surface area contributed by atoms with Gasteiger partial charge in [0.2, 0.25) is 0 Å². The molecule has 0 heterocycles. The fourth-order valence-electron chi connectivity index (χ4n) is 3.69. The highest BCUT2D eigenvalue weighted by atomic mass is 16.7. The summed E-state index contributed by atoms with van der Waals surface area (Å²) in [5.74, 6) is 1.26. The summed E-state index contributed by atoms with van der Waals surface area (Å²) in [7, 11) is 4.06. The molecule has 0 amide bonds. The van der Waals surface area contributed by atoms with Crippen molar-refractivity contribution in [3.63, 3.8) is 0 Å². The minimum atomic E-state index is -0.753. The number of hydrogen-bond acceptors (Lipinski definition) is 5. The van der Waals surface area contributed by atoms with Crippen molar-refractivity contribution in [2.24, 2.45) is 0 Å². The monoisotopic (exact) mass is 471 g/mol. The molecule has 0 aliphatic carbocycles. The van der Waals surface area contributed by atoms with Crippen LogP contribution < -0.4 is 9.47 Å². The van der Waals surface area contributed by atoms with Gasteiger partial charge in [-0.25, -0.2) is 4.79 Å². The van der Waals surface area contributed by atoms with E-state index in [1.54, 1.807) is 12.1 Å². The summed E-state index contributed by atoms with van der Waals surface area (Å²) in [6.45, 7) is 7.29. The van der Waals surface area contributed by atoms with E-state index in [2.05, 4.69) is 54.8 Å². The van der Waals surface area contributed by atoms with Gasteiger partial charge in [-0.05, 0) is 72.6 Å². The molecule has 35 heavy (non-hydrogen) atoms. The highest BCUT2D eigenvalue weighted by Gasteiger charge is 2.14. The van der Waals surface area contributed by atoms with Crippen molar-refractivity contribution in [2.75, 3.05) is 33.9 Å². The Bertz CT molecular complexity index is 1120. The topological polar surface area (TPSA) is 48.0 Å². The molecule has 0 unspecified atom stereocenters. The van der Waals surface area contributed by atoms with Gasteiger partial charge in [-0.2, -0.15) is 0 Å². The third-order valence-corrected chi connectivity index (χ3v) is 5.39. The second-order valence-corrected chi connectivity index (χ2v) is 8.23. The molecule has 5 nitrogen and oxygen atoms in total. The lowest BCUT2D eigenvalue weighted by Crippen LogP contribution is -2.19. The predicted octanol–water partition coefficient (Wildman–Crippen LogP) is 6.70. The molecule has 182 valence electrons. The van der Waals surface area contributed by atoms with Crippen molar-refractivity contribution in [1.82, 2.24) is 4.90 Å². The molecule has 0 aliphatic heterocycles. The third kappa shape index (κ3) is 7.59. The first-order valence-corrected chi connectivity index (χ1v) is 11.7. The third-order valence-electron chi connectivity index (χ3n) is 5.39.